The van der Waals surface area contributed by atoms with Gasteiger partial charge in [-0.2, -0.15) is 0 Å². The molecule has 0 aliphatic carbocycles. The van der Waals surface area contributed by atoms with Gasteiger partial charge in [0.25, 0.3) is 15.2 Å². The molecule has 9 heteroatoms. The van der Waals surface area contributed by atoms with Crippen molar-refractivity contribution in [2.75, 3.05) is 0 Å². The fourth-order valence-electron chi connectivity index (χ4n) is 1.57. The van der Waals surface area contributed by atoms with Gasteiger partial charge in [-0.25, -0.2) is 18.5 Å². The first kappa shape index (κ1) is 13.1. The summed E-state index contributed by atoms with van der Waals surface area (Å²) in [6.07, 6.45) is 1.65. The molecule has 98 valence electrons. The van der Waals surface area contributed by atoms with Crippen LogP contribution in [0.25, 0.3) is 10.7 Å². The summed E-state index contributed by atoms with van der Waals surface area (Å²) in [6.45, 7) is 5.55. The van der Waals surface area contributed by atoms with Gasteiger partial charge in [-0.05, 0) is 20.8 Å². The lowest BCUT2D eigenvalue weighted by Crippen LogP contribution is -2.19. The second-order valence-corrected chi connectivity index (χ2v) is 6.75. The maximum Gasteiger partial charge on any atom is 0.273 e. The zero-order valence-corrected chi connectivity index (χ0v) is 11.8. The van der Waals surface area contributed by atoms with Crippen molar-refractivity contribution in [2.45, 2.75) is 32.0 Å². The van der Waals surface area contributed by atoms with Crippen LogP contribution in [0.4, 0.5) is 0 Å². The predicted molar refractivity (Wildman–Crippen MR) is 67.6 cm³/mol. The Hall–Kier alpha value is -1.32. The Labute approximate surface area is 109 Å². The number of sulfonamides is 1. The van der Waals surface area contributed by atoms with E-state index in [-0.39, 0.29) is 11.2 Å². The molecule has 2 N–H and O–H groups in total. The largest absolute Gasteiger partial charge is 0.293 e. The number of aromatic nitrogens is 4. The van der Waals surface area contributed by atoms with Crippen molar-refractivity contribution < 1.29 is 8.42 Å². The molecule has 2 heterocycles. The minimum Gasteiger partial charge on any atom is -0.293 e. The molecule has 0 saturated heterocycles. The smallest absolute Gasteiger partial charge is 0.273 e. The fourth-order valence-corrected chi connectivity index (χ4v) is 3.05. The van der Waals surface area contributed by atoms with Crippen LogP contribution in [0.5, 0.6) is 0 Å². The number of aryl methyl sites for hydroxylation is 1. The Morgan fingerprint density at radius 2 is 2.06 bits per heavy atom. The van der Waals surface area contributed by atoms with E-state index in [0.717, 1.165) is 9.88 Å². The van der Waals surface area contributed by atoms with Crippen molar-refractivity contribution >= 4 is 21.4 Å². The quantitative estimate of drug-likeness (QED) is 0.904. The number of nitrogens with zero attached hydrogens (tertiary/aromatic N) is 4. The molecule has 7 nitrogen and oxygen atoms in total. The first-order valence-electron chi connectivity index (χ1n) is 5.21. The molecular formula is C9H13N5O2S2. The van der Waals surface area contributed by atoms with Crippen LogP contribution in [0.1, 0.15) is 24.9 Å². The summed E-state index contributed by atoms with van der Waals surface area (Å²) in [4.78, 5) is 4.89. The minimum atomic E-state index is -3.89. The van der Waals surface area contributed by atoms with Crippen molar-refractivity contribution in [3.05, 3.63) is 11.2 Å². The predicted octanol–water partition coefficient (Wildman–Crippen LogP) is 0.938. The van der Waals surface area contributed by atoms with Gasteiger partial charge >= 0.3 is 0 Å². The van der Waals surface area contributed by atoms with E-state index in [9.17, 15) is 8.42 Å². The molecule has 0 saturated carbocycles. The first-order valence-corrected chi connectivity index (χ1v) is 7.57. The molecular weight excluding hydrogens is 274 g/mol. The molecule has 18 heavy (non-hydrogen) atoms. The van der Waals surface area contributed by atoms with Crippen LogP contribution in [-0.4, -0.2) is 28.2 Å². The van der Waals surface area contributed by atoms with Gasteiger partial charge in [0.05, 0.1) is 9.88 Å². The number of primary sulfonamides is 1. The molecule has 0 atom stereocenters. The lowest BCUT2D eigenvalue weighted by molar-refractivity contribution is 0.525. The van der Waals surface area contributed by atoms with Gasteiger partial charge in [0.15, 0.2) is 5.82 Å². The molecule has 0 spiro atoms. The molecule has 0 radical (unpaired) electrons. The van der Waals surface area contributed by atoms with E-state index in [1.807, 2.05) is 20.8 Å². The van der Waals surface area contributed by atoms with E-state index in [0.29, 0.717) is 5.82 Å². The summed E-state index contributed by atoms with van der Waals surface area (Å²) in [5.41, 5.74) is 0. The Morgan fingerprint density at radius 1 is 1.39 bits per heavy atom. The summed E-state index contributed by atoms with van der Waals surface area (Å²) < 4.78 is 24.4. The third-order valence-corrected chi connectivity index (χ3v) is 3.97. The Morgan fingerprint density at radius 3 is 2.50 bits per heavy atom. The third kappa shape index (κ3) is 2.28. The molecule has 0 amide bonds. The first-order chi connectivity index (χ1) is 8.30. The number of hydrogen-bond donors (Lipinski definition) is 1. The molecule has 2 rings (SSSR count). The molecule has 2 aromatic heterocycles. The standard InChI is InChI=1S/C9H13N5O2S2/c1-5(2)14-8(7-4-11-6(3)17-7)12-13-9(14)18(10,15)16/h4-5H,1-3H3,(H2,10,15,16). The number of nitrogens with two attached hydrogens (primary N) is 1. The van der Waals surface area contributed by atoms with Gasteiger partial charge in [-0.1, -0.05) is 0 Å². The molecule has 0 unspecified atom stereocenters. The highest BCUT2D eigenvalue weighted by molar-refractivity contribution is 7.89. The van der Waals surface area contributed by atoms with Gasteiger partial charge in [0.1, 0.15) is 0 Å². The second-order valence-electron chi connectivity index (χ2n) is 4.06. The Bertz CT molecular complexity index is 671. The molecule has 2 aromatic rings. The summed E-state index contributed by atoms with van der Waals surface area (Å²) in [6, 6.07) is -0.120. The van der Waals surface area contributed by atoms with Crippen LogP contribution in [0.3, 0.4) is 0 Å². The van der Waals surface area contributed by atoms with Gasteiger partial charge < -0.3 is 0 Å². The molecule has 0 fully saturated rings. The topological polar surface area (TPSA) is 104 Å². The normalized spacial score (nSPS) is 12.3. The van der Waals surface area contributed by atoms with Crippen molar-refractivity contribution in [3.63, 3.8) is 0 Å². The zero-order valence-electron chi connectivity index (χ0n) is 10.2. The van der Waals surface area contributed by atoms with Crippen LogP contribution in [0, 0.1) is 6.92 Å². The van der Waals surface area contributed by atoms with E-state index in [1.54, 1.807) is 6.20 Å². The molecule has 0 aliphatic heterocycles. The van der Waals surface area contributed by atoms with Gasteiger partial charge in [0, 0.05) is 12.2 Å². The maximum atomic E-state index is 11.5. The average Bonchev–Trinajstić information content (AvgIpc) is 2.80. The van der Waals surface area contributed by atoms with Crippen molar-refractivity contribution in [2.24, 2.45) is 5.14 Å². The van der Waals surface area contributed by atoms with Gasteiger partial charge in [0.2, 0.25) is 0 Å². The van der Waals surface area contributed by atoms with Crippen LogP contribution in [0.2, 0.25) is 0 Å². The van der Waals surface area contributed by atoms with Crippen molar-refractivity contribution in [1.29, 1.82) is 0 Å². The van der Waals surface area contributed by atoms with E-state index >= 15 is 0 Å². The van der Waals surface area contributed by atoms with Gasteiger partial charge in [-0.3, -0.25) is 4.57 Å². The summed E-state index contributed by atoms with van der Waals surface area (Å²) in [7, 11) is -3.89. The summed E-state index contributed by atoms with van der Waals surface area (Å²) >= 11 is 1.43. The third-order valence-electron chi connectivity index (χ3n) is 2.28. The summed E-state index contributed by atoms with van der Waals surface area (Å²) in [5, 5.41) is 13.4. The maximum absolute atomic E-state index is 11.5. The molecule has 0 aliphatic rings. The Kier molecular flexibility index (Phi) is 3.21. The minimum absolute atomic E-state index is 0.120. The van der Waals surface area contributed by atoms with Crippen LogP contribution in [0.15, 0.2) is 11.4 Å². The van der Waals surface area contributed by atoms with E-state index in [1.165, 1.54) is 15.9 Å². The van der Waals surface area contributed by atoms with E-state index in [4.69, 9.17) is 5.14 Å². The Balaban J connectivity index is 2.67. The van der Waals surface area contributed by atoms with Crippen molar-refractivity contribution in [1.82, 2.24) is 19.7 Å². The number of hydrogen-bond acceptors (Lipinski definition) is 6. The zero-order chi connectivity index (χ0) is 13.5. The monoisotopic (exact) mass is 287 g/mol. The summed E-state index contributed by atoms with van der Waals surface area (Å²) in [5.74, 6) is 0.472. The number of rotatable bonds is 3. The van der Waals surface area contributed by atoms with Gasteiger partial charge in [-0.15, -0.1) is 21.5 Å². The van der Waals surface area contributed by atoms with E-state index in [2.05, 4.69) is 15.2 Å². The highest BCUT2D eigenvalue weighted by Crippen LogP contribution is 2.28. The van der Waals surface area contributed by atoms with Crippen LogP contribution < -0.4 is 5.14 Å². The number of thiazole rings is 1. The fraction of sp³-hybridized carbons (Fsp3) is 0.444. The highest BCUT2D eigenvalue weighted by Gasteiger charge is 2.24. The lowest BCUT2D eigenvalue weighted by atomic mass is 10.3. The molecule has 0 bridgehead atoms. The van der Waals surface area contributed by atoms with E-state index < -0.39 is 10.0 Å². The second kappa shape index (κ2) is 4.41. The highest BCUT2D eigenvalue weighted by atomic mass is 32.2. The molecule has 0 aromatic carbocycles. The van der Waals surface area contributed by atoms with Crippen LogP contribution in [-0.2, 0) is 10.0 Å². The van der Waals surface area contributed by atoms with Crippen molar-refractivity contribution in [3.8, 4) is 10.7 Å². The average molecular weight is 287 g/mol. The lowest BCUT2D eigenvalue weighted by Gasteiger charge is -2.11. The SMILES string of the molecule is Cc1ncc(-c2nnc(S(N)(=O)=O)n2C(C)C)s1. The van der Waals surface area contributed by atoms with Crippen LogP contribution >= 0.6 is 11.3 Å².